The summed E-state index contributed by atoms with van der Waals surface area (Å²) in [7, 11) is 0. The maximum atomic E-state index is 12.4. The second-order valence-corrected chi connectivity index (χ2v) is 16.4. The molecular weight excluding hydrogens is 683 g/mol. The third kappa shape index (κ3) is 41.8. The van der Waals surface area contributed by atoms with E-state index in [1.807, 2.05) is 0 Å². The number of aliphatic hydroxyl groups excluding tert-OH is 2. The standard InChI is InChI=1S/C49H93NO5/c1-3-5-7-9-11-13-15-17-19-21-23-27-31-35-39-43-49(54)55-44-40-36-32-28-24-26-30-34-38-42-48(53)50-46(45-51)47(52)41-37-33-29-25-22-20-18-16-14-12-10-8-6-4-2/h17,19,26,30,46-47,51-52H,3-16,18,20-25,27-29,31-45H2,1-2H3,(H,50,53)/b19-17-,30-26-. The van der Waals surface area contributed by atoms with Crippen molar-refractivity contribution in [2.75, 3.05) is 13.2 Å². The highest BCUT2D eigenvalue weighted by molar-refractivity contribution is 5.76. The number of carbonyl (C=O) groups is 2. The van der Waals surface area contributed by atoms with Crippen molar-refractivity contribution in [2.24, 2.45) is 0 Å². The summed E-state index contributed by atoms with van der Waals surface area (Å²) in [4.78, 5) is 24.4. The molecule has 0 saturated carbocycles. The van der Waals surface area contributed by atoms with Gasteiger partial charge in [0.1, 0.15) is 0 Å². The van der Waals surface area contributed by atoms with Gasteiger partial charge in [-0.15, -0.1) is 0 Å². The van der Waals surface area contributed by atoms with Gasteiger partial charge in [0.15, 0.2) is 0 Å². The minimum atomic E-state index is -0.694. The van der Waals surface area contributed by atoms with Crippen molar-refractivity contribution in [1.82, 2.24) is 5.32 Å². The molecule has 0 heterocycles. The van der Waals surface area contributed by atoms with E-state index >= 15 is 0 Å². The highest BCUT2D eigenvalue weighted by Gasteiger charge is 2.20. The fraction of sp³-hybridized carbons (Fsp3) is 0.878. The van der Waals surface area contributed by atoms with Crippen LogP contribution in [0.2, 0.25) is 0 Å². The first-order valence-corrected chi connectivity index (χ1v) is 24.1. The second-order valence-electron chi connectivity index (χ2n) is 16.4. The molecule has 2 atom stereocenters. The zero-order valence-electron chi connectivity index (χ0n) is 36.7. The lowest BCUT2D eigenvalue weighted by Crippen LogP contribution is -2.45. The Hall–Kier alpha value is -1.66. The van der Waals surface area contributed by atoms with Crippen LogP contribution in [0, 0.1) is 0 Å². The molecule has 2 unspecified atom stereocenters. The molecule has 0 aliphatic carbocycles. The fourth-order valence-electron chi connectivity index (χ4n) is 7.22. The van der Waals surface area contributed by atoms with Crippen molar-refractivity contribution in [3.63, 3.8) is 0 Å². The molecule has 0 aliphatic heterocycles. The Morgan fingerprint density at radius 3 is 1.33 bits per heavy atom. The number of hydrogen-bond acceptors (Lipinski definition) is 5. The second kappa shape index (κ2) is 45.0. The molecule has 6 nitrogen and oxygen atoms in total. The van der Waals surface area contributed by atoms with Gasteiger partial charge in [-0.2, -0.15) is 0 Å². The Balaban J connectivity index is 3.55. The van der Waals surface area contributed by atoms with Gasteiger partial charge in [-0.25, -0.2) is 0 Å². The first-order chi connectivity index (χ1) is 27.0. The predicted octanol–water partition coefficient (Wildman–Crippen LogP) is 14.0. The first-order valence-electron chi connectivity index (χ1n) is 24.1. The number of unbranched alkanes of at least 4 members (excludes halogenated alkanes) is 29. The molecule has 0 aromatic rings. The predicted molar refractivity (Wildman–Crippen MR) is 236 cm³/mol. The molecule has 3 N–H and O–H groups in total. The number of ether oxygens (including phenoxy) is 1. The van der Waals surface area contributed by atoms with Gasteiger partial charge in [-0.1, -0.05) is 192 Å². The molecule has 324 valence electrons. The molecule has 0 saturated heterocycles. The van der Waals surface area contributed by atoms with Gasteiger partial charge in [0.2, 0.25) is 5.91 Å². The van der Waals surface area contributed by atoms with Crippen LogP contribution in [0.5, 0.6) is 0 Å². The van der Waals surface area contributed by atoms with E-state index < -0.39 is 12.1 Å². The van der Waals surface area contributed by atoms with Crippen LogP contribution in [-0.2, 0) is 14.3 Å². The average Bonchev–Trinajstić information content (AvgIpc) is 3.18. The van der Waals surface area contributed by atoms with Crippen molar-refractivity contribution in [3.05, 3.63) is 24.3 Å². The monoisotopic (exact) mass is 776 g/mol. The Morgan fingerprint density at radius 1 is 0.491 bits per heavy atom. The lowest BCUT2D eigenvalue weighted by atomic mass is 10.0. The van der Waals surface area contributed by atoms with Crippen LogP contribution in [0.1, 0.15) is 251 Å². The van der Waals surface area contributed by atoms with Crippen molar-refractivity contribution < 1.29 is 24.5 Å². The van der Waals surface area contributed by atoms with Crippen LogP contribution in [0.3, 0.4) is 0 Å². The Morgan fingerprint density at radius 2 is 0.873 bits per heavy atom. The lowest BCUT2D eigenvalue weighted by molar-refractivity contribution is -0.143. The topological polar surface area (TPSA) is 95.9 Å². The fourth-order valence-corrected chi connectivity index (χ4v) is 7.22. The summed E-state index contributed by atoms with van der Waals surface area (Å²) in [5, 5.41) is 23.1. The average molecular weight is 776 g/mol. The van der Waals surface area contributed by atoms with Gasteiger partial charge in [0, 0.05) is 12.8 Å². The normalized spacial score (nSPS) is 12.9. The van der Waals surface area contributed by atoms with Gasteiger partial charge < -0.3 is 20.3 Å². The van der Waals surface area contributed by atoms with Crippen molar-refractivity contribution in [3.8, 4) is 0 Å². The third-order valence-electron chi connectivity index (χ3n) is 11.0. The molecule has 1 amide bonds. The maximum absolute atomic E-state index is 12.4. The summed E-state index contributed by atoms with van der Waals surface area (Å²) in [6, 6.07) is -0.578. The van der Waals surface area contributed by atoms with E-state index in [2.05, 4.69) is 43.5 Å². The van der Waals surface area contributed by atoms with Gasteiger partial charge in [0.05, 0.1) is 25.4 Å². The summed E-state index contributed by atoms with van der Waals surface area (Å²) in [6.07, 6.45) is 51.4. The van der Waals surface area contributed by atoms with E-state index in [9.17, 15) is 19.8 Å². The molecule has 0 radical (unpaired) electrons. The number of amides is 1. The van der Waals surface area contributed by atoms with Crippen LogP contribution in [0.4, 0.5) is 0 Å². The van der Waals surface area contributed by atoms with Crippen LogP contribution in [-0.4, -0.2) is 47.4 Å². The van der Waals surface area contributed by atoms with E-state index in [4.69, 9.17) is 4.74 Å². The van der Waals surface area contributed by atoms with Crippen molar-refractivity contribution >= 4 is 11.9 Å². The SMILES string of the molecule is CCCCCCCC/C=C\CCCCCCCC(=O)OCCCCCC/C=C\CCCC(=O)NC(CO)C(O)CCCCCCCCCCCCCCCC. The third-order valence-corrected chi connectivity index (χ3v) is 11.0. The minimum absolute atomic E-state index is 0.0440. The summed E-state index contributed by atoms with van der Waals surface area (Å²) in [5.74, 6) is -0.140. The molecule has 0 spiro atoms. The number of carbonyl (C=O) groups excluding carboxylic acids is 2. The number of nitrogens with one attached hydrogen (secondary N) is 1. The molecule has 0 bridgehead atoms. The number of allylic oxidation sites excluding steroid dienone is 4. The molecule has 0 fully saturated rings. The molecule has 55 heavy (non-hydrogen) atoms. The molecular formula is C49H93NO5. The minimum Gasteiger partial charge on any atom is -0.466 e. The number of hydrogen-bond donors (Lipinski definition) is 3. The van der Waals surface area contributed by atoms with E-state index in [0.29, 0.717) is 25.9 Å². The van der Waals surface area contributed by atoms with E-state index in [1.54, 1.807) is 0 Å². The van der Waals surface area contributed by atoms with E-state index in [1.165, 1.54) is 148 Å². The van der Waals surface area contributed by atoms with Crippen LogP contribution >= 0.6 is 0 Å². The van der Waals surface area contributed by atoms with E-state index in [0.717, 1.165) is 70.6 Å². The molecule has 6 heteroatoms. The summed E-state index contributed by atoms with van der Waals surface area (Å²) in [6.45, 7) is 4.84. The lowest BCUT2D eigenvalue weighted by Gasteiger charge is -2.22. The maximum Gasteiger partial charge on any atom is 0.305 e. The molecule has 0 aromatic carbocycles. The van der Waals surface area contributed by atoms with Gasteiger partial charge >= 0.3 is 5.97 Å². The summed E-state index contributed by atoms with van der Waals surface area (Å²) in [5.41, 5.74) is 0. The van der Waals surface area contributed by atoms with Crippen molar-refractivity contribution in [1.29, 1.82) is 0 Å². The molecule has 0 aliphatic rings. The van der Waals surface area contributed by atoms with Crippen LogP contribution in [0.25, 0.3) is 0 Å². The largest absolute Gasteiger partial charge is 0.466 e. The van der Waals surface area contributed by atoms with Crippen molar-refractivity contribution in [2.45, 2.75) is 264 Å². The quantitative estimate of drug-likeness (QED) is 0.0325. The highest BCUT2D eigenvalue weighted by Crippen LogP contribution is 2.15. The summed E-state index contributed by atoms with van der Waals surface area (Å²) >= 11 is 0. The van der Waals surface area contributed by atoms with Crippen LogP contribution in [0.15, 0.2) is 24.3 Å². The first kappa shape index (κ1) is 53.3. The Labute approximate surface area is 341 Å². The Kier molecular flexibility index (Phi) is 43.7. The molecule has 0 rings (SSSR count). The number of rotatable bonds is 44. The highest BCUT2D eigenvalue weighted by atomic mass is 16.5. The van der Waals surface area contributed by atoms with Gasteiger partial charge in [-0.3, -0.25) is 9.59 Å². The Bertz CT molecular complexity index is 858. The number of aliphatic hydroxyl groups is 2. The molecule has 0 aromatic heterocycles. The smallest absolute Gasteiger partial charge is 0.305 e. The zero-order valence-corrected chi connectivity index (χ0v) is 36.7. The summed E-state index contributed by atoms with van der Waals surface area (Å²) < 4.78 is 5.43. The zero-order chi connectivity index (χ0) is 40.1. The van der Waals surface area contributed by atoms with Gasteiger partial charge in [0.25, 0.3) is 0 Å². The van der Waals surface area contributed by atoms with E-state index in [-0.39, 0.29) is 18.5 Å². The number of esters is 1. The van der Waals surface area contributed by atoms with Crippen LogP contribution < -0.4 is 5.32 Å². The van der Waals surface area contributed by atoms with Gasteiger partial charge in [-0.05, 0) is 70.6 Å².